The molecule has 24 heavy (non-hydrogen) atoms. The molecule has 2 aliphatic rings. The lowest BCUT2D eigenvalue weighted by Crippen LogP contribution is -2.57. The van der Waals surface area contributed by atoms with Crippen LogP contribution in [0, 0.1) is 5.92 Å². The van der Waals surface area contributed by atoms with Crippen LogP contribution in [0.3, 0.4) is 0 Å². The van der Waals surface area contributed by atoms with Crippen LogP contribution in [0.15, 0.2) is 48.9 Å². The van der Waals surface area contributed by atoms with Crippen molar-refractivity contribution in [2.45, 2.75) is 18.9 Å². The van der Waals surface area contributed by atoms with E-state index in [1.54, 1.807) is 12.4 Å². The first-order chi connectivity index (χ1) is 11.9. The summed E-state index contributed by atoms with van der Waals surface area (Å²) in [5.74, 6) is 2.61. The second kappa shape index (κ2) is 7.18. The van der Waals surface area contributed by atoms with Gasteiger partial charge >= 0.3 is 0 Å². The molecule has 126 valence electrons. The molecular weight excluding hydrogens is 300 g/mol. The minimum Gasteiger partial charge on any atom is -0.493 e. The first-order valence-corrected chi connectivity index (χ1v) is 8.81. The molecule has 3 heterocycles. The first kappa shape index (κ1) is 15.4. The van der Waals surface area contributed by atoms with Crippen molar-refractivity contribution >= 4 is 5.82 Å². The smallest absolute Gasteiger partial charge is 0.147 e. The average molecular weight is 324 g/mol. The molecule has 0 spiro atoms. The second-order valence-electron chi connectivity index (χ2n) is 6.73. The Balaban J connectivity index is 1.30. The molecule has 1 aromatic heterocycles. The van der Waals surface area contributed by atoms with E-state index in [4.69, 9.17) is 4.74 Å². The molecule has 0 amide bonds. The highest BCUT2D eigenvalue weighted by atomic mass is 16.5. The van der Waals surface area contributed by atoms with Gasteiger partial charge in [-0.2, -0.15) is 0 Å². The van der Waals surface area contributed by atoms with Crippen molar-refractivity contribution in [2.24, 2.45) is 5.92 Å². The molecule has 2 aliphatic heterocycles. The Labute approximate surface area is 143 Å². The maximum Gasteiger partial charge on any atom is 0.147 e. The minimum atomic E-state index is 0.629. The van der Waals surface area contributed by atoms with E-state index in [0.717, 1.165) is 44.4 Å². The summed E-state index contributed by atoms with van der Waals surface area (Å²) in [7, 11) is 0. The lowest BCUT2D eigenvalue weighted by Gasteiger charge is -2.46. The molecule has 0 N–H and O–H groups in total. The maximum absolute atomic E-state index is 5.96. The quantitative estimate of drug-likeness (QED) is 0.864. The lowest BCUT2D eigenvalue weighted by molar-refractivity contribution is 0.0727. The van der Waals surface area contributed by atoms with Crippen molar-refractivity contribution < 1.29 is 4.74 Å². The fraction of sp³-hybridized carbons (Fsp3) is 0.474. The number of anilines is 1. The van der Waals surface area contributed by atoms with Gasteiger partial charge in [0.25, 0.3) is 0 Å². The molecule has 2 atom stereocenters. The number of piperazine rings is 1. The standard InChI is InChI=1S/C19H24N4O/c1-2-4-18(5-3-1)24-15-16-6-7-17-14-23(11-10-22(17)13-16)19-12-20-8-9-21-19/h1-5,8-9,12,16-17H,6-7,10-11,13-15H2/t16-,17?/m1/s1. The summed E-state index contributed by atoms with van der Waals surface area (Å²) in [6.07, 6.45) is 7.86. The Morgan fingerprint density at radius 1 is 1.04 bits per heavy atom. The van der Waals surface area contributed by atoms with Crippen LogP contribution in [0.4, 0.5) is 5.82 Å². The van der Waals surface area contributed by atoms with Crippen molar-refractivity contribution in [3.8, 4) is 5.75 Å². The highest BCUT2D eigenvalue weighted by Gasteiger charge is 2.33. The van der Waals surface area contributed by atoms with Gasteiger partial charge in [-0.05, 0) is 25.0 Å². The molecule has 0 aliphatic carbocycles. The number of ether oxygens (including phenoxy) is 1. The Hall–Kier alpha value is -2.14. The zero-order chi connectivity index (χ0) is 16.2. The molecule has 0 bridgehead atoms. The van der Waals surface area contributed by atoms with Gasteiger partial charge in [-0.3, -0.25) is 9.88 Å². The maximum atomic E-state index is 5.96. The van der Waals surface area contributed by atoms with Crippen LogP contribution in [0.5, 0.6) is 5.75 Å². The second-order valence-corrected chi connectivity index (χ2v) is 6.73. The molecule has 2 aromatic rings. The van der Waals surface area contributed by atoms with Crippen molar-refractivity contribution in [3.63, 3.8) is 0 Å². The summed E-state index contributed by atoms with van der Waals surface area (Å²) in [6, 6.07) is 10.8. The van der Waals surface area contributed by atoms with Crippen LogP contribution in [0.2, 0.25) is 0 Å². The summed E-state index contributed by atoms with van der Waals surface area (Å²) in [5, 5.41) is 0. The Morgan fingerprint density at radius 3 is 2.79 bits per heavy atom. The normalized spacial score (nSPS) is 24.4. The fourth-order valence-corrected chi connectivity index (χ4v) is 3.79. The van der Waals surface area contributed by atoms with E-state index in [1.807, 2.05) is 36.5 Å². The zero-order valence-electron chi connectivity index (χ0n) is 13.9. The fourth-order valence-electron chi connectivity index (χ4n) is 3.79. The van der Waals surface area contributed by atoms with Crippen LogP contribution < -0.4 is 9.64 Å². The van der Waals surface area contributed by atoms with E-state index in [-0.39, 0.29) is 0 Å². The summed E-state index contributed by atoms with van der Waals surface area (Å²) < 4.78 is 5.96. The molecule has 2 fully saturated rings. The van der Waals surface area contributed by atoms with Gasteiger partial charge in [0.1, 0.15) is 11.6 Å². The summed E-state index contributed by atoms with van der Waals surface area (Å²) in [5.41, 5.74) is 0. The van der Waals surface area contributed by atoms with E-state index in [0.29, 0.717) is 12.0 Å². The number of aromatic nitrogens is 2. The van der Waals surface area contributed by atoms with Crippen molar-refractivity contribution in [1.82, 2.24) is 14.9 Å². The number of para-hydroxylation sites is 1. The molecule has 5 nitrogen and oxygen atoms in total. The van der Waals surface area contributed by atoms with E-state index < -0.39 is 0 Å². The number of fused-ring (bicyclic) bond motifs is 1. The Bertz CT molecular complexity index is 636. The molecule has 0 saturated carbocycles. The number of benzene rings is 1. The third-order valence-electron chi connectivity index (χ3n) is 5.11. The van der Waals surface area contributed by atoms with Crippen LogP contribution in [-0.4, -0.2) is 53.7 Å². The molecule has 2 saturated heterocycles. The number of rotatable bonds is 4. The van der Waals surface area contributed by atoms with Gasteiger partial charge < -0.3 is 9.64 Å². The van der Waals surface area contributed by atoms with Crippen LogP contribution in [0.25, 0.3) is 0 Å². The highest BCUT2D eigenvalue weighted by molar-refractivity contribution is 5.36. The minimum absolute atomic E-state index is 0.629. The van der Waals surface area contributed by atoms with Gasteiger partial charge in [0.2, 0.25) is 0 Å². The summed E-state index contributed by atoms with van der Waals surface area (Å²) in [6.45, 7) is 5.16. The number of nitrogens with zero attached hydrogens (tertiary/aromatic N) is 4. The van der Waals surface area contributed by atoms with Crippen molar-refractivity contribution in [2.75, 3.05) is 37.7 Å². The summed E-state index contributed by atoms with van der Waals surface area (Å²) >= 11 is 0. The zero-order valence-corrected chi connectivity index (χ0v) is 13.9. The molecule has 5 heteroatoms. The van der Waals surface area contributed by atoms with E-state index in [9.17, 15) is 0 Å². The molecule has 0 radical (unpaired) electrons. The van der Waals surface area contributed by atoms with Crippen molar-refractivity contribution in [1.29, 1.82) is 0 Å². The van der Waals surface area contributed by atoms with Gasteiger partial charge in [0.05, 0.1) is 12.8 Å². The van der Waals surface area contributed by atoms with Crippen LogP contribution >= 0.6 is 0 Å². The molecule has 1 unspecified atom stereocenters. The molecule has 4 rings (SSSR count). The SMILES string of the molecule is c1ccc(OC[C@@H]2CCC3CN(c4cnccn4)CCN3C2)cc1. The lowest BCUT2D eigenvalue weighted by atomic mass is 9.91. The van der Waals surface area contributed by atoms with Crippen LogP contribution in [0.1, 0.15) is 12.8 Å². The largest absolute Gasteiger partial charge is 0.493 e. The van der Waals surface area contributed by atoms with E-state index >= 15 is 0 Å². The average Bonchev–Trinajstić information content (AvgIpc) is 2.67. The van der Waals surface area contributed by atoms with Crippen molar-refractivity contribution in [3.05, 3.63) is 48.9 Å². The third kappa shape index (κ3) is 3.51. The Morgan fingerprint density at radius 2 is 1.96 bits per heavy atom. The predicted octanol–water partition coefficient (Wildman–Crippen LogP) is 2.46. The number of hydrogen-bond acceptors (Lipinski definition) is 5. The molecular formula is C19H24N4O. The number of piperidine rings is 1. The third-order valence-corrected chi connectivity index (χ3v) is 5.11. The number of hydrogen-bond donors (Lipinski definition) is 0. The Kier molecular flexibility index (Phi) is 4.60. The van der Waals surface area contributed by atoms with Gasteiger partial charge in [-0.25, -0.2) is 4.98 Å². The predicted molar refractivity (Wildman–Crippen MR) is 94.3 cm³/mol. The van der Waals surface area contributed by atoms with E-state index in [2.05, 4.69) is 19.8 Å². The van der Waals surface area contributed by atoms with Gasteiger partial charge in [0, 0.05) is 50.5 Å². The van der Waals surface area contributed by atoms with E-state index in [1.165, 1.54) is 12.8 Å². The van der Waals surface area contributed by atoms with Gasteiger partial charge in [-0.15, -0.1) is 0 Å². The van der Waals surface area contributed by atoms with Crippen LogP contribution in [-0.2, 0) is 0 Å². The van der Waals surface area contributed by atoms with Gasteiger partial charge in [0.15, 0.2) is 0 Å². The topological polar surface area (TPSA) is 41.5 Å². The summed E-state index contributed by atoms with van der Waals surface area (Å²) in [4.78, 5) is 13.6. The molecule has 1 aromatic carbocycles. The first-order valence-electron chi connectivity index (χ1n) is 8.81. The van der Waals surface area contributed by atoms with Gasteiger partial charge in [-0.1, -0.05) is 18.2 Å². The monoisotopic (exact) mass is 324 g/mol. The highest BCUT2D eigenvalue weighted by Crippen LogP contribution is 2.27.